The average Bonchev–Trinajstić information content (AvgIpc) is 2.82. The maximum absolute atomic E-state index is 12.4. The zero-order valence-corrected chi connectivity index (χ0v) is 14.0. The second kappa shape index (κ2) is 7.95. The zero-order chi connectivity index (χ0) is 16.8. The number of hydrogen-bond acceptors (Lipinski definition) is 2. The minimum Gasteiger partial charge on any atom is -0.352 e. The molecule has 0 saturated carbocycles. The van der Waals surface area contributed by atoms with Crippen LogP contribution in [0, 0.1) is 0 Å². The van der Waals surface area contributed by atoms with Gasteiger partial charge < -0.3 is 10.2 Å². The molecule has 0 radical (unpaired) electrons. The van der Waals surface area contributed by atoms with Crippen molar-refractivity contribution in [2.75, 3.05) is 19.6 Å². The number of likely N-dealkylation sites (tertiary alicyclic amines) is 1. The standard InChI is InChI=1S/C20H24N2O2/c23-19-12-2-1-5-14-22(19)15-7-13-21-20(24)18-11-6-9-16-8-3-4-10-17(16)18/h3-4,6,8-11H,1-2,5,7,12-15H2,(H,21,24). The minimum absolute atomic E-state index is 0.0472. The Balaban J connectivity index is 1.53. The fourth-order valence-electron chi connectivity index (χ4n) is 3.27. The molecule has 4 nitrogen and oxygen atoms in total. The molecule has 0 unspecified atom stereocenters. The second-order valence-corrected chi connectivity index (χ2v) is 6.33. The molecular formula is C20H24N2O2. The number of fused-ring (bicyclic) bond motifs is 1. The number of rotatable bonds is 5. The number of carbonyl (C=O) groups is 2. The maximum atomic E-state index is 12.4. The summed E-state index contributed by atoms with van der Waals surface area (Å²) < 4.78 is 0. The first-order valence-corrected chi connectivity index (χ1v) is 8.79. The predicted octanol–water partition coefficient (Wildman–Crippen LogP) is 3.36. The number of nitrogens with one attached hydrogen (secondary N) is 1. The number of hydrogen-bond donors (Lipinski definition) is 1. The van der Waals surface area contributed by atoms with Gasteiger partial charge in [0.15, 0.2) is 0 Å². The van der Waals surface area contributed by atoms with E-state index in [0.29, 0.717) is 18.5 Å². The van der Waals surface area contributed by atoms with Gasteiger partial charge in [-0.15, -0.1) is 0 Å². The van der Waals surface area contributed by atoms with E-state index in [4.69, 9.17) is 0 Å². The van der Waals surface area contributed by atoms with Crippen molar-refractivity contribution in [1.29, 1.82) is 0 Å². The van der Waals surface area contributed by atoms with E-state index in [1.165, 1.54) is 0 Å². The van der Waals surface area contributed by atoms with Gasteiger partial charge in [0.2, 0.25) is 5.91 Å². The predicted molar refractivity (Wildman–Crippen MR) is 95.9 cm³/mol. The second-order valence-electron chi connectivity index (χ2n) is 6.33. The lowest BCUT2D eigenvalue weighted by atomic mass is 10.0. The fourth-order valence-corrected chi connectivity index (χ4v) is 3.27. The molecule has 3 rings (SSSR count). The Hall–Kier alpha value is -2.36. The Kier molecular flexibility index (Phi) is 5.47. The van der Waals surface area contributed by atoms with Gasteiger partial charge in [-0.25, -0.2) is 0 Å². The van der Waals surface area contributed by atoms with Crippen LogP contribution < -0.4 is 5.32 Å². The molecule has 0 atom stereocenters. The van der Waals surface area contributed by atoms with E-state index in [1.807, 2.05) is 47.4 Å². The third-order valence-corrected chi connectivity index (χ3v) is 4.60. The highest BCUT2D eigenvalue weighted by atomic mass is 16.2. The Morgan fingerprint density at radius 1 is 1.04 bits per heavy atom. The molecule has 1 fully saturated rings. The Bertz CT molecular complexity index is 721. The summed E-state index contributed by atoms with van der Waals surface area (Å²) in [5.41, 5.74) is 0.707. The lowest BCUT2D eigenvalue weighted by molar-refractivity contribution is -0.130. The zero-order valence-electron chi connectivity index (χ0n) is 14.0. The van der Waals surface area contributed by atoms with Gasteiger partial charge in [-0.2, -0.15) is 0 Å². The van der Waals surface area contributed by atoms with Gasteiger partial charge in [0.05, 0.1) is 0 Å². The quantitative estimate of drug-likeness (QED) is 0.857. The van der Waals surface area contributed by atoms with E-state index in [2.05, 4.69) is 5.32 Å². The van der Waals surface area contributed by atoms with Crippen molar-refractivity contribution in [3.05, 3.63) is 48.0 Å². The van der Waals surface area contributed by atoms with Gasteiger partial charge in [0.1, 0.15) is 0 Å². The minimum atomic E-state index is -0.0472. The highest BCUT2D eigenvalue weighted by Gasteiger charge is 2.16. The van der Waals surface area contributed by atoms with Gasteiger partial charge in [-0.05, 0) is 36.1 Å². The van der Waals surface area contributed by atoms with Crippen LogP contribution in [0.2, 0.25) is 0 Å². The molecule has 0 aliphatic carbocycles. The topological polar surface area (TPSA) is 49.4 Å². The van der Waals surface area contributed by atoms with Crippen molar-refractivity contribution in [2.24, 2.45) is 0 Å². The molecule has 1 aliphatic rings. The molecule has 4 heteroatoms. The highest BCUT2D eigenvalue weighted by molar-refractivity contribution is 6.06. The summed E-state index contributed by atoms with van der Waals surface area (Å²) in [7, 11) is 0. The van der Waals surface area contributed by atoms with Gasteiger partial charge in [0.25, 0.3) is 5.91 Å². The summed E-state index contributed by atoms with van der Waals surface area (Å²) in [6.07, 6.45) is 4.70. The van der Waals surface area contributed by atoms with Crippen molar-refractivity contribution >= 4 is 22.6 Å². The molecule has 1 heterocycles. The summed E-state index contributed by atoms with van der Waals surface area (Å²) in [5.74, 6) is 0.210. The van der Waals surface area contributed by atoms with Crippen LogP contribution in [0.1, 0.15) is 42.5 Å². The van der Waals surface area contributed by atoms with Gasteiger partial charge in [0, 0.05) is 31.6 Å². The lowest BCUT2D eigenvalue weighted by Gasteiger charge is -2.20. The van der Waals surface area contributed by atoms with Crippen LogP contribution >= 0.6 is 0 Å². The largest absolute Gasteiger partial charge is 0.352 e. The number of nitrogens with zero attached hydrogens (tertiary/aromatic N) is 1. The van der Waals surface area contributed by atoms with Crippen LogP contribution in [0.25, 0.3) is 10.8 Å². The molecule has 1 saturated heterocycles. The van der Waals surface area contributed by atoms with Crippen LogP contribution in [0.15, 0.2) is 42.5 Å². The van der Waals surface area contributed by atoms with Gasteiger partial charge >= 0.3 is 0 Å². The van der Waals surface area contributed by atoms with Crippen LogP contribution in [0.3, 0.4) is 0 Å². The molecule has 126 valence electrons. The van der Waals surface area contributed by atoms with Crippen molar-refractivity contribution in [3.8, 4) is 0 Å². The molecule has 0 aromatic heterocycles. The van der Waals surface area contributed by atoms with E-state index >= 15 is 0 Å². The van der Waals surface area contributed by atoms with Crippen LogP contribution in [0.4, 0.5) is 0 Å². The Morgan fingerprint density at radius 2 is 1.88 bits per heavy atom. The number of carbonyl (C=O) groups excluding carboxylic acids is 2. The normalized spacial score (nSPS) is 15.3. The Morgan fingerprint density at radius 3 is 2.79 bits per heavy atom. The molecule has 2 aromatic rings. The first kappa shape index (κ1) is 16.5. The first-order valence-electron chi connectivity index (χ1n) is 8.79. The number of amides is 2. The summed E-state index contributed by atoms with van der Waals surface area (Å²) in [6.45, 7) is 2.18. The molecule has 2 aromatic carbocycles. The fraction of sp³-hybridized carbons (Fsp3) is 0.400. The monoisotopic (exact) mass is 324 g/mol. The van der Waals surface area contributed by atoms with Crippen molar-refractivity contribution in [2.45, 2.75) is 32.1 Å². The van der Waals surface area contributed by atoms with Gasteiger partial charge in [-0.3, -0.25) is 9.59 Å². The van der Waals surface area contributed by atoms with Crippen molar-refractivity contribution in [1.82, 2.24) is 10.2 Å². The smallest absolute Gasteiger partial charge is 0.251 e. The molecule has 1 aliphatic heterocycles. The van der Waals surface area contributed by atoms with E-state index in [0.717, 1.165) is 49.5 Å². The summed E-state index contributed by atoms with van der Waals surface area (Å²) in [4.78, 5) is 26.3. The van der Waals surface area contributed by atoms with Crippen LogP contribution in [-0.4, -0.2) is 36.3 Å². The SMILES string of the molecule is O=C(NCCCN1CCCCCC1=O)c1cccc2ccccc12. The molecule has 1 N–H and O–H groups in total. The summed E-state index contributed by atoms with van der Waals surface area (Å²) >= 11 is 0. The lowest BCUT2D eigenvalue weighted by Crippen LogP contribution is -2.34. The third-order valence-electron chi connectivity index (χ3n) is 4.60. The highest BCUT2D eigenvalue weighted by Crippen LogP contribution is 2.18. The van der Waals surface area contributed by atoms with E-state index < -0.39 is 0 Å². The summed E-state index contributed by atoms with van der Waals surface area (Å²) in [6, 6.07) is 13.7. The maximum Gasteiger partial charge on any atom is 0.251 e. The number of benzene rings is 2. The summed E-state index contributed by atoms with van der Waals surface area (Å²) in [5, 5.41) is 5.03. The molecule has 0 spiro atoms. The average molecular weight is 324 g/mol. The molecular weight excluding hydrogens is 300 g/mol. The molecule has 0 bridgehead atoms. The molecule has 24 heavy (non-hydrogen) atoms. The van der Waals surface area contributed by atoms with E-state index in [9.17, 15) is 9.59 Å². The molecule has 2 amide bonds. The van der Waals surface area contributed by atoms with E-state index in [1.54, 1.807) is 0 Å². The van der Waals surface area contributed by atoms with Crippen LogP contribution in [-0.2, 0) is 4.79 Å². The van der Waals surface area contributed by atoms with Gasteiger partial charge in [-0.1, -0.05) is 42.8 Å². The van der Waals surface area contributed by atoms with Crippen molar-refractivity contribution < 1.29 is 9.59 Å². The van der Waals surface area contributed by atoms with Crippen molar-refractivity contribution in [3.63, 3.8) is 0 Å². The van der Waals surface area contributed by atoms with E-state index in [-0.39, 0.29) is 11.8 Å². The Labute approximate surface area is 142 Å². The first-order chi connectivity index (χ1) is 11.8. The third kappa shape index (κ3) is 3.94. The van der Waals surface area contributed by atoms with Crippen LogP contribution in [0.5, 0.6) is 0 Å².